The average Bonchev–Trinajstić information content (AvgIpc) is 2.08. The second kappa shape index (κ2) is 3.46. The van der Waals surface area contributed by atoms with Gasteiger partial charge in [-0.25, -0.2) is 4.98 Å². The summed E-state index contributed by atoms with van der Waals surface area (Å²) in [5.74, 6) is 0. The van der Waals surface area contributed by atoms with Crippen LogP contribution in [0.5, 0.6) is 0 Å². The second-order valence-corrected chi connectivity index (χ2v) is 4.07. The Bertz CT molecular complexity index is 232. The minimum atomic E-state index is -4.06. The first-order chi connectivity index (χ1) is 4.11. The molecule has 0 unspecified atom stereocenters. The van der Waals surface area contributed by atoms with Crippen LogP contribution in [0.25, 0.3) is 0 Å². The zero-order valence-electron chi connectivity index (χ0n) is 4.67. The van der Waals surface area contributed by atoms with Gasteiger partial charge in [-0.2, -0.15) is 0 Å². The Balaban J connectivity index is 0.000000810. The van der Waals surface area contributed by atoms with Gasteiger partial charge in [0.05, 0.1) is 0 Å². The monoisotopic (exact) mass is 201 g/mol. The molecule has 0 radical (unpaired) electrons. The number of halogens is 1. The van der Waals surface area contributed by atoms with Crippen molar-refractivity contribution in [3.63, 3.8) is 0 Å². The molecule has 1 heterocycles. The van der Waals surface area contributed by atoms with E-state index in [0.29, 0.717) is 0 Å². The normalized spacial score (nSPS) is 10.6. The van der Waals surface area contributed by atoms with Crippen LogP contribution in [0.4, 0.5) is 0 Å². The molecule has 0 fully saturated rings. The van der Waals surface area contributed by atoms with E-state index in [9.17, 15) is 4.57 Å². The third-order valence-corrected chi connectivity index (χ3v) is 2.89. The molecule has 0 saturated carbocycles. The predicted octanol–water partition coefficient (Wildman–Crippen LogP) is 0.368. The lowest BCUT2D eigenvalue weighted by Crippen LogP contribution is -1.99. The van der Waals surface area contributed by atoms with Gasteiger partial charge in [0.2, 0.25) is 4.75 Å². The second-order valence-electron chi connectivity index (χ2n) is 1.36. The molecule has 0 amide bonds. The Labute approximate surface area is 67.5 Å². The largest absolute Gasteiger partial charge is 0.384 e. The number of nitrogens with zero attached hydrogens (tertiary/aromatic N) is 1. The minimum Gasteiger partial charge on any atom is -0.319 e. The van der Waals surface area contributed by atoms with Crippen molar-refractivity contribution in [2.24, 2.45) is 0 Å². The van der Waals surface area contributed by atoms with Crippen LogP contribution in [0, 0.1) is 0 Å². The Morgan fingerprint density at radius 1 is 1.60 bits per heavy atom. The average molecular weight is 202 g/mol. The van der Waals surface area contributed by atoms with Crippen molar-refractivity contribution in [2.45, 2.75) is 0 Å². The van der Waals surface area contributed by atoms with E-state index < -0.39 is 7.60 Å². The highest BCUT2D eigenvalue weighted by Crippen LogP contribution is 2.33. The van der Waals surface area contributed by atoms with Crippen LogP contribution in [0.1, 0.15) is 0 Å². The van der Waals surface area contributed by atoms with Gasteiger partial charge in [0.25, 0.3) is 0 Å². The molecule has 0 aliphatic rings. The lowest BCUT2D eigenvalue weighted by atomic mass is 11.0. The molecule has 0 spiro atoms. The van der Waals surface area contributed by atoms with E-state index in [1.165, 1.54) is 11.6 Å². The molecular weight excluding hydrogens is 197 g/mol. The maximum atomic E-state index is 10.3. The van der Waals surface area contributed by atoms with Gasteiger partial charge in [-0.05, 0) is 0 Å². The van der Waals surface area contributed by atoms with E-state index in [2.05, 4.69) is 4.98 Å². The zero-order valence-corrected chi connectivity index (χ0v) is 7.20. The summed E-state index contributed by atoms with van der Waals surface area (Å²) in [6.07, 6.45) is 1.36. The minimum absolute atomic E-state index is 0. The molecule has 7 heteroatoms. The summed E-state index contributed by atoms with van der Waals surface area (Å²) >= 11 is 0.956. The molecule has 2 N–H and O–H groups in total. The first-order valence-corrected chi connectivity index (χ1v) is 4.55. The SMILES string of the molecule is Cl.O=P(O)(O)c1nccs1. The van der Waals surface area contributed by atoms with Gasteiger partial charge in [-0.1, -0.05) is 0 Å². The van der Waals surface area contributed by atoms with Gasteiger partial charge in [0.15, 0.2) is 0 Å². The molecule has 1 aromatic rings. The first kappa shape index (κ1) is 10.1. The molecule has 1 aromatic heterocycles. The third-order valence-electron chi connectivity index (χ3n) is 0.668. The van der Waals surface area contributed by atoms with Gasteiger partial charge in [0.1, 0.15) is 0 Å². The predicted molar refractivity (Wildman–Crippen MR) is 41.0 cm³/mol. The molecule has 10 heavy (non-hydrogen) atoms. The molecule has 4 nitrogen and oxygen atoms in total. The van der Waals surface area contributed by atoms with E-state index in [4.69, 9.17) is 9.79 Å². The van der Waals surface area contributed by atoms with Gasteiger partial charge >= 0.3 is 7.60 Å². The number of hydrogen-bond acceptors (Lipinski definition) is 3. The summed E-state index contributed by atoms with van der Waals surface area (Å²) in [6, 6.07) is 0. The molecule has 0 saturated heterocycles. The fraction of sp³-hybridized carbons (Fsp3) is 0. The topological polar surface area (TPSA) is 70.4 Å². The summed E-state index contributed by atoms with van der Waals surface area (Å²) in [5, 5.41) is 1.52. The van der Waals surface area contributed by atoms with E-state index in [-0.39, 0.29) is 17.2 Å². The van der Waals surface area contributed by atoms with E-state index in [0.717, 1.165) is 11.3 Å². The Morgan fingerprint density at radius 2 is 2.20 bits per heavy atom. The quantitative estimate of drug-likeness (QED) is 0.644. The molecule has 0 atom stereocenters. The summed E-state index contributed by atoms with van der Waals surface area (Å²) < 4.78 is 10.2. The first-order valence-electron chi connectivity index (χ1n) is 2.06. The number of thiazole rings is 1. The van der Waals surface area contributed by atoms with Crippen LogP contribution in [0.2, 0.25) is 0 Å². The highest BCUT2D eigenvalue weighted by molar-refractivity contribution is 7.66. The van der Waals surface area contributed by atoms with Gasteiger partial charge in [-0.15, -0.1) is 23.7 Å². The number of aromatic nitrogens is 1. The smallest absolute Gasteiger partial charge is 0.319 e. The molecule has 0 bridgehead atoms. The van der Waals surface area contributed by atoms with Crippen LogP contribution >= 0.6 is 31.3 Å². The Morgan fingerprint density at radius 3 is 2.40 bits per heavy atom. The molecule has 0 aliphatic carbocycles. The Hall–Kier alpha value is 0.0700. The Kier molecular flexibility index (Phi) is 3.48. The molecule has 58 valence electrons. The van der Waals surface area contributed by atoms with Crippen molar-refractivity contribution in [1.29, 1.82) is 0 Å². The fourth-order valence-corrected chi connectivity index (χ4v) is 1.67. The highest BCUT2D eigenvalue weighted by atomic mass is 35.5. The fourth-order valence-electron chi connectivity index (χ4n) is 0.360. The maximum Gasteiger partial charge on any atom is 0.384 e. The van der Waals surface area contributed by atoms with Crippen LogP contribution in [-0.4, -0.2) is 14.8 Å². The lowest BCUT2D eigenvalue weighted by Gasteiger charge is -1.94. The van der Waals surface area contributed by atoms with Crippen molar-refractivity contribution >= 4 is 36.1 Å². The van der Waals surface area contributed by atoms with E-state index in [1.54, 1.807) is 0 Å². The van der Waals surface area contributed by atoms with Crippen molar-refractivity contribution in [3.8, 4) is 0 Å². The highest BCUT2D eigenvalue weighted by Gasteiger charge is 2.19. The van der Waals surface area contributed by atoms with E-state index in [1.807, 2.05) is 0 Å². The third kappa shape index (κ3) is 2.36. The van der Waals surface area contributed by atoms with Gasteiger partial charge in [0, 0.05) is 11.6 Å². The number of hydrogen-bond donors (Lipinski definition) is 2. The summed E-state index contributed by atoms with van der Waals surface area (Å²) in [5.41, 5.74) is 0. The van der Waals surface area contributed by atoms with Crippen molar-refractivity contribution in [3.05, 3.63) is 11.6 Å². The van der Waals surface area contributed by atoms with E-state index >= 15 is 0 Å². The van der Waals surface area contributed by atoms with Crippen LogP contribution in [0.3, 0.4) is 0 Å². The number of rotatable bonds is 1. The molecular formula is C3H5ClNO3PS. The van der Waals surface area contributed by atoms with Crippen molar-refractivity contribution in [1.82, 2.24) is 4.98 Å². The summed E-state index contributed by atoms with van der Waals surface area (Å²) in [4.78, 5) is 20.3. The molecule has 0 aliphatic heterocycles. The van der Waals surface area contributed by atoms with Crippen LogP contribution in [0.15, 0.2) is 11.6 Å². The van der Waals surface area contributed by atoms with Gasteiger partial charge in [-0.3, -0.25) is 4.57 Å². The molecule has 1 rings (SSSR count). The van der Waals surface area contributed by atoms with Crippen molar-refractivity contribution < 1.29 is 14.4 Å². The van der Waals surface area contributed by atoms with Crippen LogP contribution in [-0.2, 0) is 4.57 Å². The summed E-state index contributed by atoms with van der Waals surface area (Å²) in [7, 11) is -4.06. The standard InChI is InChI=1S/C3H4NO3PS.ClH/c5-8(6,7)3-4-1-2-9-3;/h1-2H,(H2,5,6,7);1H. The lowest BCUT2D eigenvalue weighted by molar-refractivity contribution is 0.387. The van der Waals surface area contributed by atoms with Gasteiger partial charge < -0.3 is 9.79 Å². The maximum absolute atomic E-state index is 10.3. The summed E-state index contributed by atoms with van der Waals surface area (Å²) in [6.45, 7) is 0. The molecule has 0 aromatic carbocycles. The van der Waals surface area contributed by atoms with Crippen LogP contribution < -0.4 is 4.75 Å². The van der Waals surface area contributed by atoms with Crippen molar-refractivity contribution in [2.75, 3.05) is 0 Å². The zero-order chi connectivity index (χ0) is 6.91.